The van der Waals surface area contributed by atoms with Gasteiger partial charge in [-0.25, -0.2) is 0 Å². The summed E-state index contributed by atoms with van der Waals surface area (Å²) < 4.78 is 5.30. The molecule has 0 amide bonds. The Morgan fingerprint density at radius 1 is 1.37 bits per heavy atom. The van der Waals surface area contributed by atoms with Crippen molar-refractivity contribution in [1.82, 2.24) is 4.98 Å². The second-order valence-electron chi connectivity index (χ2n) is 5.71. The summed E-state index contributed by atoms with van der Waals surface area (Å²) in [5.74, 6) is -0.175. The molecule has 1 aromatic carbocycles. The van der Waals surface area contributed by atoms with Gasteiger partial charge in [0.1, 0.15) is 5.60 Å². The van der Waals surface area contributed by atoms with Gasteiger partial charge in [0.05, 0.1) is 0 Å². The van der Waals surface area contributed by atoms with E-state index in [1.807, 2.05) is 45.2 Å². The van der Waals surface area contributed by atoms with Gasteiger partial charge in [-0.3, -0.25) is 4.79 Å². The molecule has 0 spiro atoms. The highest BCUT2D eigenvalue weighted by molar-refractivity contribution is 5.86. The number of anilines is 1. The van der Waals surface area contributed by atoms with E-state index >= 15 is 0 Å². The van der Waals surface area contributed by atoms with Gasteiger partial charge in [0, 0.05) is 29.2 Å². The minimum Gasteiger partial charge on any atom is -0.460 e. The lowest BCUT2D eigenvalue weighted by Gasteiger charge is -2.19. The smallest absolute Gasteiger partial charge is 0.306 e. The third-order valence-corrected chi connectivity index (χ3v) is 2.81. The number of nitrogen functional groups attached to an aromatic ring is 1. The Morgan fingerprint density at radius 3 is 2.79 bits per heavy atom. The van der Waals surface area contributed by atoms with Crippen molar-refractivity contribution in [2.24, 2.45) is 0 Å². The standard InChI is InChI=1S/C15H20N2O2/c1-15(2,3)19-14(18)7-4-10-9-17-13-6-5-11(16)8-12(10)13/h5-6,8-9,17H,4,7,16H2,1-3H3. The SMILES string of the molecule is CC(C)(C)OC(=O)CCc1c[nH]c2ccc(N)cc12. The number of H-pyrrole nitrogens is 1. The highest BCUT2D eigenvalue weighted by atomic mass is 16.6. The van der Waals surface area contributed by atoms with E-state index in [2.05, 4.69) is 4.98 Å². The lowest BCUT2D eigenvalue weighted by atomic mass is 10.1. The Kier molecular flexibility index (Phi) is 3.51. The molecule has 3 N–H and O–H groups in total. The van der Waals surface area contributed by atoms with Gasteiger partial charge in [-0.2, -0.15) is 0 Å². The maximum Gasteiger partial charge on any atom is 0.306 e. The molecule has 0 unspecified atom stereocenters. The summed E-state index contributed by atoms with van der Waals surface area (Å²) >= 11 is 0. The molecule has 0 aliphatic heterocycles. The van der Waals surface area contributed by atoms with Gasteiger partial charge < -0.3 is 15.5 Å². The number of nitrogens with two attached hydrogens (primary N) is 1. The zero-order chi connectivity index (χ0) is 14.0. The van der Waals surface area contributed by atoms with Crippen LogP contribution >= 0.6 is 0 Å². The number of benzene rings is 1. The second-order valence-corrected chi connectivity index (χ2v) is 5.71. The average molecular weight is 260 g/mol. The summed E-state index contributed by atoms with van der Waals surface area (Å²) in [5.41, 5.74) is 8.21. The number of hydrogen-bond donors (Lipinski definition) is 2. The maximum absolute atomic E-state index is 11.7. The number of carbonyl (C=O) groups excluding carboxylic acids is 1. The van der Waals surface area contributed by atoms with Crippen LogP contribution in [0.1, 0.15) is 32.8 Å². The van der Waals surface area contributed by atoms with Crippen LogP contribution in [0.3, 0.4) is 0 Å². The first-order chi connectivity index (χ1) is 8.85. The molecule has 0 aliphatic rings. The number of esters is 1. The minimum absolute atomic E-state index is 0.175. The summed E-state index contributed by atoms with van der Waals surface area (Å²) in [7, 11) is 0. The number of rotatable bonds is 3. The van der Waals surface area contributed by atoms with Crippen LogP contribution in [0.2, 0.25) is 0 Å². The molecular weight excluding hydrogens is 240 g/mol. The minimum atomic E-state index is -0.429. The van der Waals surface area contributed by atoms with Gasteiger partial charge in [0.25, 0.3) is 0 Å². The number of hydrogen-bond acceptors (Lipinski definition) is 3. The molecule has 2 aromatic rings. The lowest BCUT2D eigenvalue weighted by Crippen LogP contribution is -2.23. The molecule has 0 saturated heterocycles. The number of ether oxygens (including phenoxy) is 1. The summed E-state index contributed by atoms with van der Waals surface area (Å²) in [6, 6.07) is 5.73. The van der Waals surface area contributed by atoms with Crippen LogP contribution in [0.15, 0.2) is 24.4 Å². The predicted molar refractivity (Wildman–Crippen MR) is 76.9 cm³/mol. The molecule has 0 saturated carbocycles. The summed E-state index contributed by atoms with van der Waals surface area (Å²) in [4.78, 5) is 14.9. The first kappa shape index (κ1) is 13.5. The van der Waals surface area contributed by atoms with E-state index in [0.717, 1.165) is 22.2 Å². The number of aromatic amines is 1. The van der Waals surface area contributed by atoms with Gasteiger partial charge in [-0.1, -0.05) is 0 Å². The molecule has 102 valence electrons. The Hall–Kier alpha value is -1.97. The molecule has 4 heteroatoms. The summed E-state index contributed by atoms with van der Waals surface area (Å²) in [6.45, 7) is 5.62. The zero-order valence-corrected chi connectivity index (χ0v) is 11.6. The van der Waals surface area contributed by atoms with Gasteiger partial charge in [-0.15, -0.1) is 0 Å². The van der Waals surface area contributed by atoms with Crippen LogP contribution in [-0.4, -0.2) is 16.6 Å². The van der Waals surface area contributed by atoms with Crippen molar-refractivity contribution in [2.45, 2.75) is 39.2 Å². The van der Waals surface area contributed by atoms with Gasteiger partial charge >= 0.3 is 5.97 Å². The van der Waals surface area contributed by atoms with Crippen molar-refractivity contribution in [3.63, 3.8) is 0 Å². The first-order valence-electron chi connectivity index (χ1n) is 6.42. The zero-order valence-electron chi connectivity index (χ0n) is 11.6. The van der Waals surface area contributed by atoms with Crippen LogP contribution in [0.25, 0.3) is 10.9 Å². The van der Waals surface area contributed by atoms with Gasteiger partial charge in [-0.05, 0) is 51.0 Å². The van der Waals surface area contributed by atoms with E-state index in [1.165, 1.54) is 0 Å². The van der Waals surface area contributed by atoms with E-state index in [1.54, 1.807) is 0 Å². The normalized spacial score (nSPS) is 11.7. The quantitative estimate of drug-likeness (QED) is 0.658. The van der Waals surface area contributed by atoms with Crippen molar-refractivity contribution in [2.75, 3.05) is 5.73 Å². The molecule has 1 aromatic heterocycles. The molecule has 0 radical (unpaired) electrons. The van der Waals surface area contributed by atoms with E-state index in [-0.39, 0.29) is 5.97 Å². The van der Waals surface area contributed by atoms with Crippen molar-refractivity contribution in [1.29, 1.82) is 0 Å². The number of carbonyl (C=O) groups is 1. The fourth-order valence-electron chi connectivity index (χ4n) is 2.03. The van der Waals surface area contributed by atoms with E-state index in [9.17, 15) is 4.79 Å². The van der Waals surface area contributed by atoms with Crippen molar-refractivity contribution < 1.29 is 9.53 Å². The van der Waals surface area contributed by atoms with Crippen molar-refractivity contribution in [3.05, 3.63) is 30.0 Å². The lowest BCUT2D eigenvalue weighted by molar-refractivity contribution is -0.154. The predicted octanol–water partition coefficient (Wildman–Crippen LogP) is 3.02. The van der Waals surface area contributed by atoms with Gasteiger partial charge in [0.15, 0.2) is 0 Å². The fraction of sp³-hybridized carbons (Fsp3) is 0.400. The monoisotopic (exact) mass is 260 g/mol. The van der Waals surface area contributed by atoms with Crippen LogP contribution in [0.5, 0.6) is 0 Å². The average Bonchev–Trinajstić information content (AvgIpc) is 2.66. The second kappa shape index (κ2) is 4.96. The van der Waals surface area contributed by atoms with E-state index in [0.29, 0.717) is 12.8 Å². The number of aromatic nitrogens is 1. The fourth-order valence-corrected chi connectivity index (χ4v) is 2.03. The third kappa shape index (κ3) is 3.50. The Morgan fingerprint density at radius 2 is 2.11 bits per heavy atom. The molecule has 0 fully saturated rings. The van der Waals surface area contributed by atoms with Crippen molar-refractivity contribution >= 4 is 22.6 Å². The Balaban J connectivity index is 2.06. The van der Waals surface area contributed by atoms with Crippen LogP contribution in [-0.2, 0) is 16.0 Å². The van der Waals surface area contributed by atoms with Crippen LogP contribution in [0.4, 0.5) is 5.69 Å². The molecule has 4 nitrogen and oxygen atoms in total. The molecule has 0 aliphatic carbocycles. The highest BCUT2D eigenvalue weighted by Gasteiger charge is 2.16. The van der Waals surface area contributed by atoms with E-state index < -0.39 is 5.60 Å². The van der Waals surface area contributed by atoms with Crippen LogP contribution in [0, 0.1) is 0 Å². The summed E-state index contributed by atoms with van der Waals surface area (Å²) in [5, 5.41) is 1.07. The Labute approximate surface area is 112 Å². The number of nitrogens with one attached hydrogen (secondary N) is 1. The highest BCUT2D eigenvalue weighted by Crippen LogP contribution is 2.22. The number of fused-ring (bicyclic) bond motifs is 1. The molecule has 0 bridgehead atoms. The molecule has 19 heavy (non-hydrogen) atoms. The van der Waals surface area contributed by atoms with E-state index in [4.69, 9.17) is 10.5 Å². The largest absolute Gasteiger partial charge is 0.460 e. The molecule has 2 rings (SSSR count). The molecule has 1 heterocycles. The van der Waals surface area contributed by atoms with Crippen LogP contribution < -0.4 is 5.73 Å². The van der Waals surface area contributed by atoms with Crippen molar-refractivity contribution in [3.8, 4) is 0 Å². The maximum atomic E-state index is 11.7. The molecular formula is C15H20N2O2. The van der Waals surface area contributed by atoms with Gasteiger partial charge in [0.2, 0.25) is 0 Å². The third-order valence-electron chi connectivity index (χ3n) is 2.81. The topological polar surface area (TPSA) is 68.1 Å². The Bertz CT molecular complexity index is 594. The first-order valence-corrected chi connectivity index (χ1v) is 6.42. The molecule has 0 atom stereocenters. The summed E-state index contributed by atoms with van der Waals surface area (Å²) in [6.07, 6.45) is 2.95. The number of aryl methyl sites for hydroxylation is 1.